The van der Waals surface area contributed by atoms with Crippen molar-refractivity contribution in [1.82, 2.24) is 10.3 Å². The van der Waals surface area contributed by atoms with Crippen LogP contribution in [0.25, 0.3) is 10.6 Å². The van der Waals surface area contributed by atoms with Gasteiger partial charge in [0.1, 0.15) is 5.01 Å². The molecular formula is C15H16F2N2S. The van der Waals surface area contributed by atoms with Crippen LogP contribution in [0.4, 0.5) is 8.78 Å². The Labute approximate surface area is 120 Å². The van der Waals surface area contributed by atoms with Crippen molar-refractivity contribution in [3.05, 3.63) is 40.4 Å². The lowest BCUT2D eigenvalue weighted by Gasteiger charge is -2.00. The minimum absolute atomic E-state index is 0.640. The molecule has 3 rings (SSSR count). The molecule has 2 aromatic rings. The van der Waals surface area contributed by atoms with E-state index in [0.29, 0.717) is 11.6 Å². The molecule has 0 spiro atoms. The van der Waals surface area contributed by atoms with E-state index in [1.54, 1.807) is 17.4 Å². The topological polar surface area (TPSA) is 24.9 Å². The number of thiazole rings is 1. The Kier molecular flexibility index (Phi) is 3.81. The molecule has 2 nitrogen and oxygen atoms in total. The fourth-order valence-corrected chi connectivity index (χ4v) is 3.17. The van der Waals surface area contributed by atoms with Gasteiger partial charge in [-0.05, 0) is 37.5 Å². The lowest BCUT2D eigenvalue weighted by atomic mass is 10.2. The van der Waals surface area contributed by atoms with Crippen LogP contribution in [0.5, 0.6) is 0 Å². The van der Waals surface area contributed by atoms with Crippen molar-refractivity contribution in [3.63, 3.8) is 0 Å². The van der Waals surface area contributed by atoms with Crippen LogP contribution in [0.2, 0.25) is 0 Å². The third-order valence-electron chi connectivity index (χ3n) is 3.41. The summed E-state index contributed by atoms with van der Waals surface area (Å²) in [6, 6.07) is 4.59. The molecule has 0 atom stereocenters. The van der Waals surface area contributed by atoms with Gasteiger partial charge in [0.2, 0.25) is 0 Å². The Morgan fingerprint density at radius 2 is 2.10 bits per heavy atom. The van der Waals surface area contributed by atoms with Gasteiger partial charge in [-0.1, -0.05) is 6.92 Å². The summed E-state index contributed by atoms with van der Waals surface area (Å²) in [6.45, 7) is 2.87. The molecule has 0 unspecified atom stereocenters. The van der Waals surface area contributed by atoms with Crippen molar-refractivity contribution < 1.29 is 8.78 Å². The van der Waals surface area contributed by atoms with Gasteiger partial charge in [-0.25, -0.2) is 13.8 Å². The summed E-state index contributed by atoms with van der Waals surface area (Å²) in [4.78, 5) is 5.75. The maximum absolute atomic E-state index is 13.3. The largest absolute Gasteiger partial charge is 0.309 e. The number of rotatable bonds is 5. The molecule has 1 heterocycles. The van der Waals surface area contributed by atoms with E-state index in [2.05, 4.69) is 17.2 Å². The van der Waals surface area contributed by atoms with E-state index in [1.807, 2.05) is 0 Å². The van der Waals surface area contributed by atoms with Crippen molar-refractivity contribution >= 4 is 11.3 Å². The number of aryl methyl sites for hydroxylation is 1. The molecule has 1 aromatic carbocycles. The van der Waals surface area contributed by atoms with Crippen LogP contribution >= 0.6 is 11.3 Å². The molecule has 20 heavy (non-hydrogen) atoms. The lowest BCUT2D eigenvalue weighted by molar-refractivity contribution is 0.509. The Balaban J connectivity index is 1.86. The predicted molar refractivity (Wildman–Crippen MR) is 76.7 cm³/mol. The predicted octanol–water partition coefficient (Wildman–Crippen LogP) is 3.90. The second kappa shape index (κ2) is 5.58. The average Bonchev–Trinajstić information content (AvgIpc) is 3.18. The molecular weight excluding hydrogens is 278 g/mol. The summed E-state index contributed by atoms with van der Waals surface area (Å²) in [5, 5.41) is 4.23. The van der Waals surface area contributed by atoms with Crippen molar-refractivity contribution in [2.24, 2.45) is 0 Å². The molecule has 5 heteroatoms. The van der Waals surface area contributed by atoms with Gasteiger partial charge in [-0.15, -0.1) is 11.3 Å². The standard InChI is InChI=1S/C15H16F2N2S/c1-2-13-14(8-18-10-4-5-10)20-15(19-13)9-3-6-11(16)12(17)7-9/h3,6-7,10,18H,2,4-5,8H2,1H3. The number of halogens is 2. The van der Waals surface area contributed by atoms with Gasteiger partial charge in [-0.3, -0.25) is 0 Å². The minimum atomic E-state index is -0.826. The van der Waals surface area contributed by atoms with Gasteiger partial charge in [0.15, 0.2) is 11.6 Å². The second-order valence-corrected chi connectivity index (χ2v) is 6.11. The van der Waals surface area contributed by atoms with E-state index >= 15 is 0 Å². The quantitative estimate of drug-likeness (QED) is 0.904. The number of benzene rings is 1. The highest BCUT2D eigenvalue weighted by Crippen LogP contribution is 2.30. The van der Waals surface area contributed by atoms with E-state index in [-0.39, 0.29) is 0 Å². The van der Waals surface area contributed by atoms with Gasteiger partial charge >= 0.3 is 0 Å². The third kappa shape index (κ3) is 2.88. The van der Waals surface area contributed by atoms with Crippen molar-refractivity contribution in [2.75, 3.05) is 0 Å². The van der Waals surface area contributed by atoms with Crippen LogP contribution < -0.4 is 5.32 Å². The summed E-state index contributed by atoms with van der Waals surface area (Å²) in [6.07, 6.45) is 3.34. The van der Waals surface area contributed by atoms with E-state index in [9.17, 15) is 8.78 Å². The molecule has 1 N–H and O–H groups in total. The first kappa shape index (κ1) is 13.6. The SMILES string of the molecule is CCc1nc(-c2ccc(F)c(F)c2)sc1CNC1CC1. The molecule has 0 bridgehead atoms. The fraction of sp³-hybridized carbons (Fsp3) is 0.400. The fourth-order valence-electron chi connectivity index (χ4n) is 2.07. The van der Waals surface area contributed by atoms with E-state index < -0.39 is 11.6 Å². The van der Waals surface area contributed by atoms with Gasteiger partial charge in [-0.2, -0.15) is 0 Å². The normalized spacial score (nSPS) is 14.8. The van der Waals surface area contributed by atoms with Crippen molar-refractivity contribution in [2.45, 2.75) is 38.8 Å². The summed E-state index contributed by atoms with van der Waals surface area (Å²) in [5.74, 6) is -1.65. The maximum atomic E-state index is 13.3. The first-order valence-corrected chi connectivity index (χ1v) is 7.66. The number of hydrogen-bond donors (Lipinski definition) is 1. The maximum Gasteiger partial charge on any atom is 0.159 e. The monoisotopic (exact) mass is 294 g/mol. The second-order valence-electron chi connectivity index (χ2n) is 5.03. The molecule has 1 aliphatic rings. The van der Waals surface area contributed by atoms with E-state index in [0.717, 1.165) is 29.7 Å². The zero-order chi connectivity index (χ0) is 14.1. The summed E-state index contributed by atoms with van der Waals surface area (Å²) >= 11 is 1.56. The zero-order valence-electron chi connectivity index (χ0n) is 11.2. The molecule has 1 aliphatic carbocycles. The number of aromatic nitrogens is 1. The first-order valence-electron chi connectivity index (χ1n) is 6.84. The van der Waals surface area contributed by atoms with Crippen LogP contribution in [0.15, 0.2) is 18.2 Å². The molecule has 1 fully saturated rings. The van der Waals surface area contributed by atoms with Crippen LogP contribution in [0.3, 0.4) is 0 Å². The molecule has 1 saturated carbocycles. The summed E-state index contributed by atoms with van der Waals surface area (Å²) in [5.41, 5.74) is 1.68. The van der Waals surface area contributed by atoms with Gasteiger partial charge in [0.05, 0.1) is 5.69 Å². The van der Waals surface area contributed by atoms with Crippen LogP contribution in [-0.4, -0.2) is 11.0 Å². The molecule has 106 valence electrons. The molecule has 0 amide bonds. The first-order chi connectivity index (χ1) is 9.67. The van der Waals surface area contributed by atoms with Crippen LogP contribution in [-0.2, 0) is 13.0 Å². The highest BCUT2D eigenvalue weighted by molar-refractivity contribution is 7.15. The summed E-state index contributed by atoms with van der Waals surface area (Å²) in [7, 11) is 0. The Bertz CT molecular complexity index is 620. The Morgan fingerprint density at radius 3 is 2.75 bits per heavy atom. The number of hydrogen-bond acceptors (Lipinski definition) is 3. The molecule has 0 radical (unpaired) electrons. The van der Waals surface area contributed by atoms with Crippen LogP contribution in [0, 0.1) is 11.6 Å². The lowest BCUT2D eigenvalue weighted by Crippen LogP contribution is -2.15. The smallest absolute Gasteiger partial charge is 0.159 e. The zero-order valence-corrected chi connectivity index (χ0v) is 12.1. The van der Waals surface area contributed by atoms with Crippen molar-refractivity contribution in [1.29, 1.82) is 0 Å². The van der Waals surface area contributed by atoms with Gasteiger partial charge in [0.25, 0.3) is 0 Å². The summed E-state index contributed by atoms with van der Waals surface area (Å²) < 4.78 is 26.3. The van der Waals surface area contributed by atoms with Gasteiger partial charge < -0.3 is 5.32 Å². The molecule has 1 aromatic heterocycles. The molecule has 0 aliphatic heterocycles. The number of nitrogens with zero attached hydrogens (tertiary/aromatic N) is 1. The minimum Gasteiger partial charge on any atom is -0.309 e. The van der Waals surface area contributed by atoms with E-state index in [4.69, 9.17) is 0 Å². The Morgan fingerprint density at radius 1 is 1.30 bits per heavy atom. The highest BCUT2D eigenvalue weighted by Gasteiger charge is 2.21. The van der Waals surface area contributed by atoms with E-state index in [1.165, 1.54) is 23.8 Å². The average molecular weight is 294 g/mol. The Hall–Kier alpha value is -1.33. The number of nitrogens with one attached hydrogen (secondary N) is 1. The molecule has 0 saturated heterocycles. The van der Waals surface area contributed by atoms with Gasteiger partial charge in [0, 0.05) is 23.0 Å². The van der Waals surface area contributed by atoms with Crippen LogP contribution in [0.1, 0.15) is 30.3 Å². The highest BCUT2D eigenvalue weighted by atomic mass is 32.1. The third-order valence-corrected chi connectivity index (χ3v) is 4.56. The van der Waals surface area contributed by atoms with Crippen molar-refractivity contribution in [3.8, 4) is 10.6 Å².